The number of likely N-dealkylation sites (N-methyl/N-ethyl adjacent to an activating group) is 1. The van der Waals surface area contributed by atoms with Crippen LogP contribution in [0.2, 0.25) is 0 Å². The first-order valence-corrected chi connectivity index (χ1v) is 10.8. The lowest BCUT2D eigenvalue weighted by Gasteiger charge is -2.72. The van der Waals surface area contributed by atoms with Gasteiger partial charge in [-0.3, -0.25) is 4.79 Å². The van der Waals surface area contributed by atoms with E-state index in [1.54, 1.807) is 21.1 Å². The maximum Gasteiger partial charge on any atom is 0.166 e. The van der Waals surface area contributed by atoms with Crippen molar-refractivity contribution in [3.05, 3.63) is 23.3 Å². The summed E-state index contributed by atoms with van der Waals surface area (Å²) in [5.41, 5.74) is 1.11. The number of carbonyl (C=O) groups excluding carboxylic acids is 1. The number of likely N-dealkylation sites (tertiary alicyclic amines) is 1. The van der Waals surface area contributed by atoms with Gasteiger partial charge >= 0.3 is 0 Å². The highest BCUT2D eigenvalue weighted by Gasteiger charge is 2.83. The number of ether oxygens (including phenoxy) is 3. The van der Waals surface area contributed by atoms with Crippen LogP contribution in [0.5, 0.6) is 11.5 Å². The fourth-order valence-corrected chi connectivity index (χ4v) is 8.57. The molecule has 0 aromatic heterocycles. The third kappa shape index (κ3) is 1.65. The third-order valence-corrected chi connectivity index (χ3v) is 9.50. The van der Waals surface area contributed by atoms with Crippen LogP contribution >= 0.6 is 0 Å². The second-order valence-electron chi connectivity index (χ2n) is 9.98. The number of fused-ring (bicyclic) bond motifs is 2. The normalized spacial score (nSPS) is 48.1. The van der Waals surface area contributed by atoms with Crippen LogP contribution in [0, 0.1) is 11.3 Å². The molecule has 6 aliphatic rings. The van der Waals surface area contributed by atoms with Crippen LogP contribution in [0.3, 0.4) is 0 Å². The van der Waals surface area contributed by atoms with E-state index in [0.717, 1.165) is 49.1 Å². The van der Waals surface area contributed by atoms with E-state index in [9.17, 15) is 9.90 Å². The lowest BCUT2D eigenvalue weighted by atomic mass is 9.34. The van der Waals surface area contributed by atoms with E-state index in [1.807, 2.05) is 12.1 Å². The van der Waals surface area contributed by atoms with Gasteiger partial charge in [0.1, 0.15) is 29.6 Å². The highest BCUT2D eigenvalue weighted by molar-refractivity contribution is 5.81. The van der Waals surface area contributed by atoms with Crippen molar-refractivity contribution in [2.75, 3.05) is 27.8 Å². The van der Waals surface area contributed by atoms with Crippen LogP contribution < -0.4 is 14.4 Å². The van der Waals surface area contributed by atoms with E-state index in [1.165, 1.54) is 4.90 Å². The number of piperidine rings is 1. The number of ketones is 1. The minimum atomic E-state index is -0.618. The Labute approximate surface area is 171 Å². The number of Topliss-reactive ketones (excluding diaryl/α,β-unsaturated/α-hetero) is 1. The van der Waals surface area contributed by atoms with Gasteiger partial charge in [-0.15, -0.1) is 0 Å². The molecule has 0 radical (unpaired) electrons. The fraction of sp³-hybridized carbons (Fsp3) is 0.696. The molecule has 1 aromatic carbocycles. The van der Waals surface area contributed by atoms with E-state index in [2.05, 4.69) is 7.05 Å². The van der Waals surface area contributed by atoms with Gasteiger partial charge in [-0.1, -0.05) is 6.07 Å². The maximum absolute atomic E-state index is 12.9. The van der Waals surface area contributed by atoms with Gasteiger partial charge < -0.3 is 24.2 Å². The molecule has 3 unspecified atom stereocenters. The molecular weight excluding hydrogens is 370 g/mol. The Hall–Kier alpha value is -1.63. The topological polar surface area (TPSA) is 69.4 Å². The van der Waals surface area contributed by atoms with Crippen molar-refractivity contribution in [3.8, 4) is 11.5 Å². The Kier molecular flexibility index (Phi) is 3.35. The van der Waals surface area contributed by atoms with Crippen molar-refractivity contribution in [1.82, 2.24) is 0 Å². The molecule has 7 rings (SSSR count). The summed E-state index contributed by atoms with van der Waals surface area (Å²) < 4.78 is 18.7. The molecule has 4 fully saturated rings. The zero-order valence-electron chi connectivity index (χ0n) is 17.6. The first kappa shape index (κ1) is 18.2. The van der Waals surface area contributed by atoms with Gasteiger partial charge in [-0.2, -0.15) is 0 Å². The Balaban J connectivity index is 1.72. The van der Waals surface area contributed by atoms with Crippen molar-refractivity contribution >= 4 is 5.78 Å². The van der Waals surface area contributed by atoms with Crippen LogP contribution in [0.15, 0.2) is 12.1 Å². The second kappa shape index (κ2) is 5.34. The smallest absolute Gasteiger partial charge is 0.166 e. The van der Waals surface area contributed by atoms with Crippen LogP contribution in [-0.4, -0.2) is 56.4 Å². The van der Waals surface area contributed by atoms with Crippen LogP contribution in [0.1, 0.15) is 49.8 Å². The largest absolute Gasteiger partial charge is 0.493 e. The summed E-state index contributed by atoms with van der Waals surface area (Å²) in [6, 6.07) is 4.00. The van der Waals surface area contributed by atoms with E-state index >= 15 is 0 Å². The molecule has 6 nitrogen and oxygen atoms in total. The molecule has 2 heterocycles. The standard InChI is InChI=1S/C23H29NO5/c1-12(25)14-11-21-7-8-23(14,28-4)20-22(21)9-10-24(2)19(21)17(26)13-5-6-15(27-3)18(29-20)16(13)22/h5-6,14,17,19-20,26H,7-11H2,1-4H3/p+1/t14-,17?,19+,20-,21?,22-,23-/m0/s1. The summed E-state index contributed by atoms with van der Waals surface area (Å²) in [6.45, 7) is 2.67. The van der Waals surface area contributed by atoms with E-state index < -0.39 is 11.7 Å². The molecule has 6 heteroatoms. The summed E-state index contributed by atoms with van der Waals surface area (Å²) in [5, 5.41) is 11.6. The predicted octanol–water partition coefficient (Wildman–Crippen LogP) is 0.802. The zero-order chi connectivity index (χ0) is 20.3. The van der Waals surface area contributed by atoms with Crippen molar-refractivity contribution in [3.63, 3.8) is 0 Å². The van der Waals surface area contributed by atoms with Gasteiger partial charge in [0.15, 0.2) is 11.5 Å². The molecule has 156 valence electrons. The average molecular weight is 400 g/mol. The number of nitrogens with one attached hydrogen (secondary N) is 1. The van der Waals surface area contributed by atoms with Gasteiger partial charge in [-0.25, -0.2) is 0 Å². The summed E-state index contributed by atoms with van der Waals surface area (Å²) in [6.07, 6.45) is 2.72. The molecule has 4 bridgehead atoms. The highest BCUT2D eigenvalue weighted by atomic mass is 16.6. The second-order valence-corrected chi connectivity index (χ2v) is 9.98. The van der Waals surface area contributed by atoms with Crippen molar-refractivity contribution in [2.24, 2.45) is 11.3 Å². The average Bonchev–Trinajstić information content (AvgIpc) is 3.09. The summed E-state index contributed by atoms with van der Waals surface area (Å²) >= 11 is 0. The Morgan fingerprint density at radius 3 is 2.76 bits per heavy atom. The number of benzene rings is 1. The zero-order valence-corrected chi connectivity index (χ0v) is 17.6. The summed E-state index contributed by atoms with van der Waals surface area (Å²) in [4.78, 5) is 14.2. The molecular formula is C23H30NO5+. The molecule has 8 atom stereocenters. The SMILES string of the molecule is COc1ccc2c3c1O[C@@H]1[C@]4(OC)CCC5(C[C@H]4C(C)=O)[C@@H](C2O)[NH+](C)CC[C@]315. The number of rotatable bonds is 3. The lowest BCUT2D eigenvalue weighted by molar-refractivity contribution is -0.930. The van der Waals surface area contributed by atoms with Gasteiger partial charge in [0.2, 0.25) is 0 Å². The molecule has 29 heavy (non-hydrogen) atoms. The minimum absolute atomic E-state index is 0.0613. The number of aliphatic hydroxyl groups is 1. The molecule has 2 N–H and O–H groups in total. The third-order valence-electron chi connectivity index (χ3n) is 9.50. The molecule has 2 aliphatic heterocycles. The van der Waals surface area contributed by atoms with Gasteiger partial charge in [0.05, 0.1) is 32.0 Å². The van der Waals surface area contributed by atoms with Gasteiger partial charge in [-0.05, 0) is 37.8 Å². The van der Waals surface area contributed by atoms with E-state index in [0.29, 0.717) is 5.75 Å². The van der Waals surface area contributed by atoms with E-state index in [4.69, 9.17) is 14.2 Å². The molecule has 1 saturated heterocycles. The number of hydrogen-bond acceptors (Lipinski definition) is 5. The van der Waals surface area contributed by atoms with Crippen LogP contribution in [0.4, 0.5) is 0 Å². The predicted molar refractivity (Wildman–Crippen MR) is 104 cm³/mol. The Bertz CT molecular complexity index is 932. The first-order chi connectivity index (χ1) is 13.9. The molecule has 0 amide bonds. The monoisotopic (exact) mass is 400 g/mol. The molecule has 4 aliphatic carbocycles. The lowest BCUT2D eigenvalue weighted by Crippen LogP contribution is -3.19. The number of quaternary nitrogens is 1. The van der Waals surface area contributed by atoms with Crippen molar-refractivity contribution in [2.45, 2.75) is 61.9 Å². The highest BCUT2D eigenvalue weighted by Crippen LogP contribution is 2.76. The van der Waals surface area contributed by atoms with E-state index in [-0.39, 0.29) is 34.7 Å². The quantitative estimate of drug-likeness (QED) is 0.786. The number of carbonyl (C=O) groups is 1. The summed E-state index contributed by atoms with van der Waals surface area (Å²) in [7, 11) is 5.60. The number of methoxy groups -OCH3 is 2. The first-order valence-electron chi connectivity index (χ1n) is 10.8. The minimum Gasteiger partial charge on any atom is -0.493 e. The summed E-state index contributed by atoms with van der Waals surface area (Å²) in [5.74, 6) is 1.44. The van der Waals surface area contributed by atoms with Crippen molar-refractivity contribution in [1.29, 1.82) is 0 Å². The van der Waals surface area contributed by atoms with Gasteiger partial charge in [0, 0.05) is 24.5 Å². The number of aliphatic hydroxyl groups excluding tert-OH is 1. The Morgan fingerprint density at radius 2 is 2.07 bits per heavy atom. The van der Waals surface area contributed by atoms with Crippen LogP contribution in [-0.2, 0) is 14.9 Å². The number of hydrogen-bond donors (Lipinski definition) is 2. The van der Waals surface area contributed by atoms with Crippen LogP contribution in [0.25, 0.3) is 0 Å². The molecule has 3 saturated carbocycles. The maximum atomic E-state index is 12.9. The fourth-order valence-electron chi connectivity index (χ4n) is 8.57. The van der Waals surface area contributed by atoms with Gasteiger partial charge in [0.25, 0.3) is 0 Å². The molecule has 1 aromatic rings. The molecule has 2 spiro atoms. The Morgan fingerprint density at radius 1 is 1.28 bits per heavy atom. The van der Waals surface area contributed by atoms with Crippen molar-refractivity contribution < 1.29 is 29.0 Å².